The van der Waals surface area contributed by atoms with Gasteiger partial charge in [0.25, 0.3) is 6.01 Å². The predicted molar refractivity (Wildman–Crippen MR) is 64.9 cm³/mol. The van der Waals surface area contributed by atoms with E-state index >= 15 is 0 Å². The molecule has 2 aromatic heterocycles. The van der Waals surface area contributed by atoms with E-state index in [1.54, 1.807) is 12.1 Å². The van der Waals surface area contributed by atoms with E-state index in [2.05, 4.69) is 25.0 Å². The van der Waals surface area contributed by atoms with Crippen molar-refractivity contribution in [3.63, 3.8) is 0 Å². The van der Waals surface area contributed by atoms with Gasteiger partial charge in [0.1, 0.15) is 5.52 Å². The molecule has 3 aromatic rings. The highest BCUT2D eigenvalue weighted by atomic mass is 16.5. The summed E-state index contributed by atoms with van der Waals surface area (Å²) in [5, 5.41) is 6.76. The first-order valence-electron chi connectivity index (χ1n) is 5.46. The molecule has 0 amide bonds. The van der Waals surface area contributed by atoms with Crippen LogP contribution in [0.4, 0.5) is 11.7 Å². The number of hydrogen-bond acceptors (Lipinski definition) is 7. The van der Waals surface area contributed by atoms with Crippen molar-refractivity contribution in [3.05, 3.63) is 30.4 Å². The lowest BCUT2D eigenvalue weighted by atomic mass is 10.3. The Morgan fingerprint density at radius 2 is 2.28 bits per heavy atom. The van der Waals surface area contributed by atoms with Crippen molar-refractivity contribution in [2.75, 3.05) is 17.6 Å². The van der Waals surface area contributed by atoms with Crippen LogP contribution in [0, 0.1) is 0 Å². The van der Waals surface area contributed by atoms with Gasteiger partial charge in [0.05, 0.1) is 0 Å². The number of benzene rings is 1. The highest BCUT2D eigenvalue weighted by Gasteiger charge is 2.05. The maximum Gasteiger partial charge on any atom is 0.295 e. The van der Waals surface area contributed by atoms with E-state index in [0.29, 0.717) is 36.1 Å². The molecule has 0 aliphatic rings. The van der Waals surface area contributed by atoms with Crippen molar-refractivity contribution in [2.45, 2.75) is 6.42 Å². The molecule has 0 saturated heterocycles. The molecule has 7 nitrogen and oxygen atoms in total. The minimum atomic E-state index is 0.457. The van der Waals surface area contributed by atoms with Gasteiger partial charge >= 0.3 is 0 Å². The smallest absolute Gasteiger partial charge is 0.295 e. The van der Waals surface area contributed by atoms with Gasteiger partial charge in [-0.25, -0.2) is 0 Å². The molecule has 2 heterocycles. The van der Waals surface area contributed by atoms with Crippen LogP contribution in [0.2, 0.25) is 0 Å². The van der Waals surface area contributed by atoms with E-state index in [4.69, 9.17) is 10.2 Å². The molecular weight excluding hydrogens is 234 g/mol. The first-order valence-corrected chi connectivity index (χ1v) is 5.46. The largest absolute Gasteiger partial charge is 0.423 e. The Hall–Kier alpha value is -2.57. The summed E-state index contributed by atoms with van der Waals surface area (Å²) >= 11 is 0. The Labute approximate surface area is 102 Å². The van der Waals surface area contributed by atoms with Crippen LogP contribution in [0.1, 0.15) is 5.82 Å². The van der Waals surface area contributed by atoms with Crippen LogP contribution in [0.5, 0.6) is 0 Å². The number of aromatic nitrogens is 3. The first kappa shape index (κ1) is 10.6. The second-order valence-corrected chi connectivity index (χ2v) is 3.77. The highest BCUT2D eigenvalue weighted by Crippen LogP contribution is 2.20. The molecule has 0 unspecified atom stereocenters. The van der Waals surface area contributed by atoms with E-state index < -0.39 is 0 Å². The predicted octanol–water partition coefficient (Wildman–Crippen LogP) is 1.45. The maximum atomic E-state index is 5.66. The topological polar surface area (TPSA) is 103 Å². The highest BCUT2D eigenvalue weighted by molar-refractivity contribution is 5.78. The van der Waals surface area contributed by atoms with E-state index in [0.717, 1.165) is 5.52 Å². The molecule has 3 N–H and O–H groups in total. The SMILES string of the molecule is Nc1ccc2nc(NCCc3ncon3)oc2c1. The lowest BCUT2D eigenvalue weighted by Crippen LogP contribution is -2.05. The van der Waals surface area contributed by atoms with E-state index in [9.17, 15) is 0 Å². The molecule has 0 bridgehead atoms. The number of nitrogens with zero attached hydrogens (tertiary/aromatic N) is 3. The van der Waals surface area contributed by atoms with Gasteiger partial charge in [-0.1, -0.05) is 5.16 Å². The molecule has 0 fully saturated rings. The molecule has 18 heavy (non-hydrogen) atoms. The standard InChI is InChI=1S/C11H11N5O2/c12-7-1-2-8-9(5-7)18-11(15-8)13-4-3-10-14-6-17-16-10/h1-2,5-6H,3-4,12H2,(H,13,15). The van der Waals surface area contributed by atoms with Crippen molar-refractivity contribution in [2.24, 2.45) is 0 Å². The van der Waals surface area contributed by atoms with Crippen molar-refractivity contribution < 1.29 is 8.94 Å². The van der Waals surface area contributed by atoms with E-state index in [-0.39, 0.29) is 0 Å². The van der Waals surface area contributed by atoms with Crippen LogP contribution in [-0.4, -0.2) is 21.7 Å². The average Bonchev–Trinajstić information content (AvgIpc) is 2.97. The second kappa shape index (κ2) is 4.36. The van der Waals surface area contributed by atoms with Gasteiger partial charge in [0.15, 0.2) is 11.4 Å². The Bertz CT molecular complexity index is 647. The van der Waals surface area contributed by atoms with Crippen LogP contribution in [0.3, 0.4) is 0 Å². The Morgan fingerprint density at radius 1 is 1.33 bits per heavy atom. The Balaban J connectivity index is 1.67. The quantitative estimate of drug-likeness (QED) is 0.670. The normalized spacial score (nSPS) is 10.9. The third-order valence-electron chi connectivity index (χ3n) is 2.44. The van der Waals surface area contributed by atoms with Crippen molar-refractivity contribution >= 4 is 22.8 Å². The minimum absolute atomic E-state index is 0.457. The third-order valence-corrected chi connectivity index (χ3v) is 2.44. The Morgan fingerprint density at radius 3 is 3.11 bits per heavy atom. The summed E-state index contributed by atoms with van der Waals surface area (Å²) in [7, 11) is 0. The molecule has 0 aliphatic carbocycles. The van der Waals surface area contributed by atoms with Gasteiger partial charge in [-0.3, -0.25) is 0 Å². The monoisotopic (exact) mass is 245 g/mol. The fraction of sp³-hybridized carbons (Fsp3) is 0.182. The summed E-state index contributed by atoms with van der Waals surface area (Å²) in [6.45, 7) is 0.613. The number of hydrogen-bond donors (Lipinski definition) is 2. The average molecular weight is 245 g/mol. The van der Waals surface area contributed by atoms with Crippen LogP contribution < -0.4 is 11.1 Å². The molecule has 7 heteroatoms. The number of oxazole rings is 1. The fourth-order valence-electron chi connectivity index (χ4n) is 1.60. The second-order valence-electron chi connectivity index (χ2n) is 3.77. The van der Waals surface area contributed by atoms with Crippen LogP contribution in [-0.2, 0) is 6.42 Å². The first-order chi connectivity index (χ1) is 8.81. The van der Waals surface area contributed by atoms with Crippen molar-refractivity contribution in [1.82, 2.24) is 15.1 Å². The molecule has 0 aliphatic heterocycles. The molecule has 0 radical (unpaired) electrons. The Kier molecular flexibility index (Phi) is 2.56. The van der Waals surface area contributed by atoms with Gasteiger partial charge in [-0.2, -0.15) is 9.97 Å². The maximum absolute atomic E-state index is 5.66. The van der Waals surface area contributed by atoms with Crippen molar-refractivity contribution in [1.29, 1.82) is 0 Å². The van der Waals surface area contributed by atoms with Gasteiger partial charge < -0.3 is 20.0 Å². The van der Waals surface area contributed by atoms with E-state index in [1.165, 1.54) is 6.39 Å². The zero-order valence-corrected chi connectivity index (χ0v) is 9.46. The number of anilines is 2. The number of fused-ring (bicyclic) bond motifs is 1. The zero-order chi connectivity index (χ0) is 12.4. The van der Waals surface area contributed by atoms with Crippen LogP contribution in [0.15, 0.2) is 33.5 Å². The molecule has 0 saturated carbocycles. The summed E-state index contributed by atoms with van der Waals surface area (Å²) in [6.07, 6.45) is 1.94. The van der Waals surface area contributed by atoms with Gasteiger partial charge in [0, 0.05) is 24.7 Å². The summed E-state index contributed by atoms with van der Waals surface area (Å²) in [5.41, 5.74) is 7.75. The minimum Gasteiger partial charge on any atom is -0.423 e. The molecule has 3 rings (SSSR count). The zero-order valence-electron chi connectivity index (χ0n) is 9.46. The fourth-order valence-corrected chi connectivity index (χ4v) is 1.60. The molecule has 92 valence electrons. The van der Waals surface area contributed by atoms with Crippen molar-refractivity contribution in [3.8, 4) is 0 Å². The van der Waals surface area contributed by atoms with E-state index in [1.807, 2.05) is 6.07 Å². The summed E-state index contributed by atoms with van der Waals surface area (Å²) in [4.78, 5) is 8.19. The van der Waals surface area contributed by atoms with Gasteiger partial charge in [0.2, 0.25) is 6.39 Å². The number of nitrogens with one attached hydrogen (secondary N) is 1. The molecule has 0 atom stereocenters. The summed E-state index contributed by atoms with van der Waals surface area (Å²) < 4.78 is 10.1. The third kappa shape index (κ3) is 2.10. The van der Waals surface area contributed by atoms with Crippen LogP contribution in [0.25, 0.3) is 11.1 Å². The van der Waals surface area contributed by atoms with Gasteiger partial charge in [-0.15, -0.1) is 0 Å². The number of nitrogens with two attached hydrogens (primary N) is 1. The molecule has 0 spiro atoms. The lowest BCUT2D eigenvalue weighted by molar-refractivity contribution is 0.410. The summed E-state index contributed by atoms with van der Waals surface area (Å²) in [6, 6.07) is 5.80. The molecule has 1 aromatic carbocycles. The number of nitrogen functional groups attached to an aromatic ring is 1. The molecular formula is C11H11N5O2. The summed E-state index contributed by atoms with van der Waals surface area (Å²) in [5.74, 6) is 0.642. The van der Waals surface area contributed by atoms with Crippen LogP contribution >= 0.6 is 0 Å². The number of rotatable bonds is 4. The lowest BCUT2D eigenvalue weighted by Gasteiger charge is -1.96. The van der Waals surface area contributed by atoms with Gasteiger partial charge in [-0.05, 0) is 12.1 Å².